The number of rotatable bonds is 50. The van der Waals surface area contributed by atoms with Crippen molar-refractivity contribution < 1.29 is 42.9 Å². The van der Waals surface area contributed by atoms with Gasteiger partial charge in [0, 0.05) is 12.8 Å². The summed E-state index contributed by atoms with van der Waals surface area (Å²) in [5.41, 5.74) is 0. The van der Waals surface area contributed by atoms with E-state index in [4.69, 9.17) is 18.9 Å². The summed E-state index contributed by atoms with van der Waals surface area (Å²) < 4.78 is 22.6. The molecule has 0 fully saturated rings. The summed E-state index contributed by atoms with van der Waals surface area (Å²) in [6, 6.07) is 0. The third-order valence-electron chi connectivity index (χ3n) is 11.5. The highest BCUT2D eigenvalue weighted by atomic mass is 16.7. The molecule has 0 rings (SSSR count). The first-order valence-corrected chi connectivity index (χ1v) is 28.0. The molecule has 0 heterocycles. The van der Waals surface area contributed by atoms with Gasteiger partial charge in [-0.25, -0.2) is 0 Å². The number of hydrogen-bond donors (Lipinski definition) is 0. The zero-order valence-corrected chi connectivity index (χ0v) is 45.8. The smallest absolute Gasteiger partial charge is 0.306 e. The van der Waals surface area contributed by atoms with Crippen molar-refractivity contribution in [1.29, 1.82) is 0 Å². The van der Waals surface area contributed by atoms with Gasteiger partial charge in [-0.3, -0.25) is 9.59 Å². The number of likely N-dealkylation sites (N-methyl/N-ethyl adjacent to an activating group) is 1. The zero-order valence-electron chi connectivity index (χ0n) is 45.8. The van der Waals surface area contributed by atoms with E-state index in [-0.39, 0.29) is 38.6 Å². The number of allylic oxidation sites excluding steroid dienone is 18. The molecule has 0 aromatic heterocycles. The van der Waals surface area contributed by atoms with Gasteiger partial charge >= 0.3 is 11.9 Å². The second kappa shape index (κ2) is 52.3. The van der Waals surface area contributed by atoms with E-state index in [0.717, 1.165) is 109 Å². The van der Waals surface area contributed by atoms with Crippen LogP contribution in [-0.2, 0) is 33.3 Å². The standard InChI is InChI=1S/C62H103NO8/c1-6-8-10-12-14-16-18-20-22-24-25-26-27-28-29-30-31-32-33-34-35-37-39-41-43-45-47-49-51-53-60(65)71-58(57-70-62(61(66)67)68-55-54-63(3,4)5)56-69-59(64)52-50-48-46-44-42-40-38-36-23-21-19-17-15-13-11-9-7-2/h8,10,14,16,20-23,25-26,28-29,31-32,34-35,39,41,58,62H,6-7,9,11-13,15,17-19,24,27,30,33,36-38,40,42-57H2,1-5H3/b10-8-,16-14-,22-20-,23-21-,26-25-,29-28-,32-31-,35-34-,41-39-. The maximum Gasteiger partial charge on any atom is 0.306 e. The summed E-state index contributed by atoms with van der Waals surface area (Å²) in [6.07, 6.45) is 68.4. The quantitative estimate of drug-likeness (QED) is 0.0195. The number of carboxylic acid groups (broad SMARTS) is 1. The zero-order chi connectivity index (χ0) is 52.0. The highest BCUT2D eigenvalue weighted by molar-refractivity contribution is 5.70. The molecular formula is C62H103NO8. The lowest BCUT2D eigenvalue weighted by Gasteiger charge is -2.26. The van der Waals surface area contributed by atoms with E-state index in [0.29, 0.717) is 17.4 Å². The van der Waals surface area contributed by atoms with E-state index in [1.54, 1.807) is 0 Å². The van der Waals surface area contributed by atoms with Crippen LogP contribution in [0.5, 0.6) is 0 Å². The molecule has 0 saturated carbocycles. The van der Waals surface area contributed by atoms with Gasteiger partial charge in [-0.15, -0.1) is 0 Å². The fraction of sp³-hybridized carbons (Fsp3) is 0.661. The van der Waals surface area contributed by atoms with Crippen LogP contribution in [0.25, 0.3) is 0 Å². The molecule has 9 heteroatoms. The largest absolute Gasteiger partial charge is 0.545 e. The summed E-state index contributed by atoms with van der Waals surface area (Å²) in [5.74, 6) is -2.34. The number of aliphatic carboxylic acids is 1. The van der Waals surface area contributed by atoms with E-state index in [2.05, 4.69) is 123 Å². The van der Waals surface area contributed by atoms with Gasteiger partial charge in [-0.2, -0.15) is 0 Å². The monoisotopic (exact) mass is 990 g/mol. The van der Waals surface area contributed by atoms with E-state index in [1.807, 2.05) is 21.1 Å². The number of carboxylic acids is 1. The molecule has 404 valence electrons. The van der Waals surface area contributed by atoms with Crippen LogP contribution in [0.1, 0.15) is 206 Å². The average Bonchev–Trinajstić information content (AvgIpc) is 3.34. The Labute approximate surface area is 434 Å². The van der Waals surface area contributed by atoms with Crippen LogP contribution in [0.15, 0.2) is 109 Å². The number of nitrogens with zero attached hydrogens (tertiary/aromatic N) is 1. The first-order valence-electron chi connectivity index (χ1n) is 28.0. The Morgan fingerprint density at radius 3 is 1.21 bits per heavy atom. The molecule has 0 aromatic rings. The average molecular weight is 991 g/mol. The number of unbranched alkanes of at least 4 members (excludes halogenated alkanes) is 17. The lowest BCUT2D eigenvalue weighted by atomic mass is 10.1. The van der Waals surface area contributed by atoms with Crippen LogP contribution >= 0.6 is 0 Å². The van der Waals surface area contributed by atoms with E-state index < -0.39 is 24.3 Å². The van der Waals surface area contributed by atoms with Crippen molar-refractivity contribution in [1.82, 2.24) is 0 Å². The Bertz CT molecular complexity index is 1530. The van der Waals surface area contributed by atoms with Crippen molar-refractivity contribution in [3.63, 3.8) is 0 Å². The molecule has 0 spiro atoms. The van der Waals surface area contributed by atoms with Gasteiger partial charge in [0.15, 0.2) is 12.4 Å². The molecule has 0 aliphatic rings. The molecule has 71 heavy (non-hydrogen) atoms. The maximum atomic E-state index is 12.8. The van der Waals surface area contributed by atoms with E-state index >= 15 is 0 Å². The van der Waals surface area contributed by atoms with Crippen LogP contribution in [0.4, 0.5) is 0 Å². The molecule has 0 aromatic carbocycles. The summed E-state index contributed by atoms with van der Waals surface area (Å²) >= 11 is 0. The summed E-state index contributed by atoms with van der Waals surface area (Å²) in [7, 11) is 5.90. The van der Waals surface area contributed by atoms with Crippen molar-refractivity contribution >= 4 is 17.9 Å². The van der Waals surface area contributed by atoms with Gasteiger partial charge < -0.3 is 33.3 Å². The lowest BCUT2D eigenvalue weighted by Crippen LogP contribution is -2.44. The van der Waals surface area contributed by atoms with Gasteiger partial charge in [0.05, 0.1) is 40.3 Å². The molecular weight excluding hydrogens is 887 g/mol. The molecule has 2 unspecified atom stereocenters. The molecule has 0 radical (unpaired) electrons. The lowest BCUT2D eigenvalue weighted by molar-refractivity contribution is -0.870. The van der Waals surface area contributed by atoms with E-state index in [1.165, 1.54) is 64.2 Å². The Balaban J connectivity index is 4.37. The summed E-state index contributed by atoms with van der Waals surface area (Å²) in [5, 5.41) is 11.8. The second-order valence-electron chi connectivity index (χ2n) is 19.5. The predicted molar refractivity (Wildman–Crippen MR) is 297 cm³/mol. The minimum absolute atomic E-state index is 0.136. The molecule has 0 N–H and O–H groups in total. The van der Waals surface area contributed by atoms with Crippen LogP contribution < -0.4 is 5.11 Å². The van der Waals surface area contributed by atoms with Gasteiger partial charge in [0.25, 0.3) is 0 Å². The summed E-state index contributed by atoms with van der Waals surface area (Å²) in [4.78, 5) is 37.2. The molecule has 0 aliphatic heterocycles. The molecule has 9 nitrogen and oxygen atoms in total. The fourth-order valence-corrected chi connectivity index (χ4v) is 7.19. The van der Waals surface area contributed by atoms with Crippen molar-refractivity contribution in [3.8, 4) is 0 Å². The Morgan fingerprint density at radius 1 is 0.437 bits per heavy atom. The van der Waals surface area contributed by atoms with Gasteiger partial charge in [-0.1, -0.05) is 200 Å². The van der Waals surface area contributed by atoms with Crippen molar-refractivity contribution in [2.75, 3.05) is 47.5 Å². The normalized spacial score (nSPS) is 13.6. The van der Waals surface area contributed by atoms with Crippen molar-refractivity contribution in [2.45, 2.75) is 219 Å². The Hall–Kier alpha value is -4.05. The molecule has 0 aliphatic carbocycles. The second-order valence-corrected chi connectivity index (χ2v) is 19.5. The highest BCUT2D eigenvalue weighted by Crippen LogP contribution is 2.13. The number of quaternary nitrogens is 1. The molecule has 0 amide bonds. The minimum Gasteiger partial charge on any atom is -0.545 e. The molecule has 2 atom stereocenters. The van der Waals surface area contributed by atoms with Crippen LogP contribution in [0, 0.1) is 0 Å². The topological polar surface area (TPSA) is 111 Å². The minimum atomic E-state index is -1.64. The molecule has 0 saturated heterocycles. The van der Waals surface area contributed by atoms with Crippen LogP contribution in [0.3, 0.4) is 0 Å². The van der Waals surface area contributed by atoms with Gasteiger partial charge in [-0.05, 0) is 103 Å². The number of hydrogen-bond acceptors (Lipinski definition) is 8. The van der Waals surface area contributed by atoms with Crippen LogP contribution in [-0.4, -0.2) is 82.3 Å². The van der Waals surface area contributed by atoms with Gasteiger partial charge in [0.2, 0.25) is 0 Å². The van der Waals surface area contributed by atoms with Crippen LogP contribution in [0.2, 0.25) is 0 Å². The van der Waals surface area contributed by atoms with Crippen molar-refractivity contribution in [3.05, 3.63) is 109 Å². The number of esters is 2. The third-order valence-corrected chi connectivity index (χ3v) is 11.5. The fourth-order valence-electron chi connectivity index (χ4n) is 7.19. The Kier molecular flexibility index (Phi) is 49.3. The summed E-state index contributed by atoms with van der Waals surface area (Å²) in [6.45, 7) is 4.58. The first-order chi connectivity index (χ1) is 34.6. The number of carbonyl (C=O) groups excluding carboxylic acids is 3. The number of carbonyl (C=O) groups is 3. The third kappa shape index (κ3) is 53.6. The van der Waals surface area contributed by atoms with Gasteiger partial charge in [0.1, 0.15) is 13.2 Å². The van der Waals surface area contributed by atoms with Crippen molar-refractivity contribution in [2.24, 2.45) is 0 Å². The maximum absolute atomic E-state index is 12.8. The molecule has 0 bridgehead atoms. The first kappa shape index (κ1) is 67.0. The Morgan fingerprint density at radius 2 is 0.803 bits per heavy atom. The SMILES string of the molecule is CC/C=C\C/C=C\C/C=C\C/C=C\C/C=C\C/C=C\C/C=C\C/C=C\CCCCCCC(=O)OC(COC(=O)CCCCCCCCC/C=C\CCCCCCCC)COC(OCC[N+](C)(C)C)C(=O)[O-]. The van der Waals surface area contributed by atoms with E-state index in [9.17, 15) is 19.5 Å². The highest BCUT2D eigenvalue weighted by Gasteiger charge is 2.22. The predicted octanol–water partition coefficient (Wildman–Crippen LogP) is 15.0. The number of ether oxygens (including phenoxy) is 4.